The van der Waals surface area contributed by atoms with Gasteiger partial charge in [0.25, 0.3) is 0 Å². The molecule has 1 aromatic carbocycles. The minimum atomic E-state index is -1.11. The maximum Gasteiger partial charge on any atom is 0.243 e. The highest BCUT2D eigenvalue weighted by atomic mass is 32.2. The Bertz CT molecular complexity index is 2190. The summed E-state index contributed by atoms with van der Waals surface area (Å²) in [5.74, 6) is 0.936. The summed E-state index contributed by atoms with van der Waals surface area (Å²) in [6.07, 6.45) is 18.1. The molecule has 5 unspecified atom stereocenters. The molecule has 1 fully saturated rings. The third kappa shape index (κ3) is 10.4. The highest BCUT2D eigenvalue weighted by Crippen LogP contribution is 2.41. The van der Waals surface area contributed by atoms with Crippen LogP contribution in [0.3, 0.4) is 0 Å². The van der Waals surface area contributed by atoms with Gasteiger partial charge >= 0.3 is 0 Å². The summed E-state index contributed by atoms with van der Waals surface area (Å²) in [7, 11) is 5.19. The molecule has 0 saturated carbocycles. The van der Waals surface area contributed by atoms with E-state index >= 15 is 4.39 Å². The summed E-state index contributed by atoms with van der Waals surface area (Å²) in [6, 6.07) is 4.98. The van der Waals surface area contributed by atoms with Crippen molar-refractivity contribution in [1.82, 2.24) is 40.0 Å². The lowest BCUT2D eigenvalue weighted by atomic mass is 9.87. The Labute approximate surface area is 361 Å². The van der Waals surface area contributed by atoms with Gasteiger partial charge in [-0.2, -0.15) is 14.6 Å². The Balaban J connectivity index is 0.944. The molecule has 1 saturated heterocycles. The van der Waals surface area contributed by atoms with Crippen molar-refractivity contribution in [3.05, 3.63) is 66.3 Å². The average Bonchev–Trinajstić information content (AvgIpc) is 3.95. The summed E-state index contributed by atoms with van der Waals surface area (Å²) in [6.45, 7) is 6.67. The van der Waals surface area contributed by atoms with Crippen molar-refractivity contribution in [2.75, 3.05) is 55.9 Å². The number of para-hydroxylation sites is 1. The van der Waals surface area contributed by atoms with Crippen LogP contribution in [0.15, 0.2) is 60.7 Å². The molecule has 3 aliphatic rings. The first kappa shape index (κ1) is 43.8. The van der Waals surface area contributed by atoms with Crippen molar-refractivity contribution in [3.63, 3.8) is 0 Å². The number of amides is 2. The molecule has 3 aromatic heterocycles. The van der Waals surface area contributed by atoms with Gasteiger partial charge in [-0.3, -0.25) is 19.6 Å². The van der Waals surface area contributed by atoms with E-state index in [-0.39, 0.29) is 29.6 Å². The Morgan fingerprint density at radius 2 is 1.97 bits per heavy atom. The van der Waals surface area contributed by atoms with E-state index in [4.69, 9.17) is 4.74 Å². The SMILES string of the molecule is CNC(=O)CCC(C=O)N(C)c1cccc(C2CCN(CC3=CC(SC4C=CC(Nc5nc6c(OC(C)C)c(-c7cn[nH]c7)ncn6n5)C(F)C4)CCC3)CC2)c1N(C)C=O. The molecule has 4 aromatic rings. The zero-order valence-electron chi connectivity index (χ0n) is 35.7. The topological polar surface area (TPSA) is 166 Å². The highest BCUT2D eigenvalue weighted by molar-refractivity contribution is 8.00. The Morgan fingerprint density at radius 1 is 1.15 bits per heavy atom. The quantitative estimate of drug-likeness (QED) is 0.0796. The van der Waals surface area contributed by atoms with Crippen molar-refractivity contribution < 1.29 is 23.5 Å². The fourth-order valence-electron chi connectivity index (χ4n) is 8.67. The van der Waals surface area contributed by atoms with E-state index in [0.29, 0.717) is 41.1 Å². The summed E-state index contributed by atoms with van der Waals surface area (Å²) < 4.78 is 23.5. The van der Waals surface area contributed by atoms with Crippen LogP contribution in [0.25, 0.3) is 16.9 Å². The fourth-order valence-corrected chi connectivity index (χ4v) is 10.2. The molecule has 3 N–H and O–H groups in total. The largest absolute Gasteiger partial charge is 0.485 e. The molecule has 0 bridgehead atoms. The van der Waals surface area contributed by atoms with Crippen LogP contribution < -0.4 is 25.2 Å². The lowest BCUT2D eigenvalue weighted by Crippen LogP contribution is -2.37. The van der Waals surface area contributed by atoms with E-state index in [1.165, 1.54) is 5.57 Å². The van der Waals surface area contributed by atoms with Gasteiger partial charge in [-0.05, 0) is 89.4 Å². The molecule has 15 nitrogen and oxygen atoms in total. The third-order valence-electron chi connectivity index (χ3n) is 11.9. The van der Waals surface area contributed by atoms with Gasteiger partial charge in [-0.1, -0.05) is 35.9 Å². The summed E-state index contributed by atoms with van der Waals surface area (Å²) in [5, 5.41) is 17.6. The number of ether oxygens (including phenoxy) is 1. The zero-order chi connectivity index (χ0) is 43.0. The molecule has 326 valence electrons. The average molecular weight is 856 g/mol. The number of carbonyl (C=O) groups is 3. The van der Waals surface area contributed by atoms with E-state index in [9.17, 15) is 14.4 Å². The summed E-state index contributed by atoms with van der Waals surface area (Å²) in [5.41, 5.74) is 6.02. The lowest BCUT2D eigenvalue weighted by molar-refractivity contribution is -0.120. The number of nitrogens with zero attached hydrogens (tertiary/aromatic N) is 8. The number of alkyl halides is 1. The number of aromatic nitrogens is 6. The van der Waals surface area contributed by atoms with Gasteiger partial charge in [-0.25, -0.2) is 9.37 Å². The molecule has 2 aliphatic carbocycles. The minimum Gasteiger partial charge on any atom is -0.485 e. The Kier molecular flexibility index (Phi) is 14.4. The van der Waals surface area contributed by atoms with E-state index < -0.39 is 18.3 Å². The number of likely N-dealkylation sites (tertiary alicyclic amines) is 1. The van der Waals surface area contributed by atoms with Gasteiger partial charge in [0, 0.05) is 56.4 Å². The van der Waals surface area contributed by atoms with Crippen LogP contribution in [-0.2, 0) is 14.4 Å². The molecule has 4 heterocycles. The van der Waals surface area contributed by atoms with Gasteiger partial charge in [0.05, 0.1) is 35.8 Å². The number of piperidine rings is 1. The molecular weight excluding hydrogens is 798 g/mol. The van der Waals surface area contributed by atoms with Gasteiger partial charge in [0.2, 0.25) is 23.9 Å². The van der Waals surface area contributed by atoms with Crippen molar-refractivity contribution in [2.24, 2.45) is 0 Å². The normalized spacial score (nSPS) is 21.5. The molecule has 17 heteroatoms. The number of aromatic amines is 1. The number of nitrogens with one attached hydrogen (secondary N) is 3. The smallest absolute Gasteiger partial charge is 0.243 e. The number of hydrogen-bond donors (Lipinski definition) is 3. The van der Waals surface area contributed by atoms with Gasteiger partial charge in [-0.15, -0.1) is 16.9 Å². The van der Waals surface area contributed by atoms with E-state index in [1.54, 1.807) is 42.2 Å². The molecule has 2 amide bonds. The Hall–Kier alpha value is -5.29. The van der Waals surface area contributed by atoms with Gasteiger partial charge in [0.1, 0.15) is 24.5 Å². The van der Waals surface area contributed by atoms with Crippen molar-refractivity contribution in [2.45, 2.75) is 106 Å². The molecule has 5 atom stereocenters. The maximum atomic E-state index is 15.8. The molecular formula is C44H58FN11O4S. The summed E-state index contributed by atoms with van der Waals surface area (Å²) >= 11 is 1.85. The lowest BCUT2D eigenvalue weighted by Gasteiger charge is -2.37. The highest BCUT2D eigenvalue weighted by Gasteiger charge is 2.32. The second kappa shape index (κ2) is 20.1. The second-order valence-electron chi connectivity index (χ2n) is 16.5. The molecule has 61 heavy (non-hydrogen) atoms. The molecule has 0 spiro atoms. The van der Waals surface area contributed by atoms with Gasteiger partial charge in [0.15, 0.2) is 5.75 Å². The first-order chi connectivity index (χ1) is 29.5. The second-order valence-corrected chi connectivity index (χ2v) is 18.0. The van der Waals surface area contributed by atoms with Crippen LogP contribution >= 0.6 is 11.8 Å². The van der Waals surface area contributed by atoms with Gasteiger partial charge < -0.3 is 30.0 Å². The predicted octanol–water partition coefficient (Wildman–Crippen LogP) is 5.96. The maximum absolute atomic E-state index is 15.8. The minimum absolute atomic E-state index is 0.0670. The van der Waals surface area contributed by atoms with Crippen molar-refractivity contribution in [1.29, 1.82) is 0 Å². The number of fused-ring (bicyclic) bond motifs is 1. The van der Waals surface area contributed by atoms with Crippen molar-refractivity contribution >= 4 is 53.3 Å². The van der Waals surface area contributed by atoms with E-state index in [0.717, 1.165) is 86.9 Å². The van der Waals surface area contributed by atoms with E-state index in [2.05, 4.69) is 59.0 Å². The number of thioether (sulfide) groups is 1. The van der Waals surface area contributed by atoms with Crippen LogP contribution in [0, 0.1) is 0 Å². The zero-order valence-corrected chi connectivity index (χ0v) is 36.5. The first-order valence-electron chi connectivity index (χ1n) is 21.3. The first-order valence-corrected chi connectivity index (χ1v) is 22.3. The number of benzene rings is 1. The number of anilines is 3. The number of hydrogen-bond acceptors (Lipinski definition) is 12. The fraction of sp³-hybridized carbons (Fsp3) is 0.523. The predicted molar refractivity (Wildman–Crippen MR) is 238 cm³/mol. The number of halogens is 1. The van der Waals surface area contributed by atoms with Crippen LogP contribution in [0.2, 0.25) is 0 Å². The number of aldehydes is 1. The van der Waals surface area contributed by atoms with Crippen LogP contribution in [-0.4, -0.2) is 129 Å². The van der Waals surface area contributed by atoms with Crippen molar-refractivity contribution in [3.8, 4) is 17.0 Å². The molecule has 1 aliphatic heterocycles. The van der Waals surface area contributed by atoms with Crippen LogP contribution in [0.5, 0.6) is 5.75 Å². The standard InChI is InChI=1S/C44H58FN11O4S/c1-28(2)60-42-40(31-22-48-49-23-31)47-26-56-43(42)51-44(52-56)50-37-14-13-34(21-36(37)45)61-33-9-6-8-29(20-33)24-55-18-16-30(17-19-55)35-10-7-11-38(41(35)53(4)27-58)54(5)32(25-57)12-15-39(59)46-3/h7,10-11,13-14,20,22-23,25-28,30,32-34,36-37H,6,8-9,12,15-19,21,24H2,1-5H3,(H,46,59)(H,48,49)(H,50,52). The Morgan fingerprint density at radius 3 is 2.67 bits per heavy atom. The third-order valence-corrected chi connectivity index (χ3v) is 13.3. The molecule has 7 rings (SSSR count). The number of likely N-dealkylation sites (N-methyl/N-ethyl adjacent to an activating group) is 1. The number of H-pyrrole nitrogens is 1. The molecule has 0 radical (unpaired) electrons. The van der Waals surface area contributed by atoms with Crippen LogP contribution in [0.4, 0.5) is 21.7 Å². The number of rotatable bonds is 18. The van der Waals surface area contributed by atoms with Crippen LogP contribution in [0.1, 0.15) is 76.7 Å². The number of carbonyl (C=O) groups excluding carboxylic acids is 3. The summed E-state index contributed by atoms with van der Waals surface area (Å²) in [4.78, 5) is 51.5. The van der Waals surface area contributed by atoms with E-state index in [1.807, 2.05) is 55.8 Å². The monoisotopic (exact) mass is 855 g/mol.